The van der Waals surface area contributed by atoms with Crippen LogP contribution in [0.25, 0.3) is 0 Å². The Hall–Kier alpha value is -2.40. The molecule has 0 saturated carbocycles. The largest absolute Gasteiger partial charge is 0.455 e. The van der Waals surface area contributed by atoms with Crippen molar-refractivity contribution in [3.63, 3.8) is 0 Å². The fraction of sp³-hybridized carbons (Fsp3) is 0.333. The third-order valence-electron chi connectivity index (χ3n) is 4.14. The van der Waals surface area contributed by atoms with Crippen LogP contribution in [0.15, 0.2) is 48.8 Å². The Kier molecular flexibility index (Phi) is 4.88. The van der Waals surface area contributed by atoms with E-state index >= 15 is 0 Å². The highest BCUT2D eigenvalue weighted by molar-refractivity contribution is 5.97. The Morgan fingerprint density at radius 3 is 2.70 bits per heavy atom. The van der Waals surface area contributed by atoms with Gasteiger partial charge in [0.1, 0.15) is 11.5 Å². The van der Waals surface area contributed by atoms with E-state index in [1.807, 2.05) is 17.0 Å². The van der Waals surface area contributed by atoms with E-state index in [4.69, 9.17) is 4.74 Å². The summed E-state index contributed by atoms with van der Waals surface area (Å²) >= 11 is 0. The maximum Gasteiger partial charge on any atom is 0.257 e. The SMILES string of the molecule is O=C(c1ccccc1Oc1cccnc1)N1CCC(CO)CC1. The Morgan fingerprint density at radius 2 is 2.00 bits per heavy atom. The number of para-hydroxylation sites is 1. The summed E-state index contributed by atoms with van der Waals surface area (Å²) in [6.07, 6.45) is 4.98. The molecule has 3 rings (SSSR count). The maximum absolute atomic E-state index is 12.8. The van der Waals surface area contributed by atoms with E-state index in [9.17, 15) is 9.90 Å². The van der Waals surface area contributed by atoms with Crippen LogP contribution in [0.5, 0.6) is 11.5 Å². The molecule has 1 fully saturated rings. The standard InChI is InChI=1S/C18H20N2O3/c21-13-14-7-10-20(11-8-14)18(22)16-5-1-2-6-17(16)23-15-4-3-9-19-12-15/h1-6,9,12,14,21H,7-8,10-11,13H2. The number of rotatable bonds is 4. The van der Waals surface area contributed by atoms with Crippen LogP contribution in [-0.4, -0.2) is 40.6 Å². The molecule has 0 unspecified atom stereocenters. The predicted molar refractivity (Wildman–Crippen MR) is 86.5 cm³/mol. The summed E-state index contributed by atoms with van der Waals surface area (Å²) in [5.41, 5.74) is 0.554. The first-order chi connectivity index (χ1) is 11.3. The van der Waals surface area contributed by atoms with Crippen LogP contribution in [0.2, 0.25) is 0 Å². The second kappa shape index (κ2) is 7.24. The van der Waals surface area contributed by atoms with Gasteiger partial charge in [-0.05, 0) is 43.0 Å². The topological polar surface area (TPSA) is 62.7 Å². The van der Waals surface area contributed by atoms with E-state index in [0.29, 0.717) is 36.1 Å². The lowest BCUT2D eigenvalue weighted by Crippen LogP contribution is -2.39. The number of likely N-dealkylation sites (tertiary alicyclic amines) is 1. The number of carbonyl (C=O) groups is 1. The molecule has 1 amide bonds. The molecule has 1 saturated heterocycles. The van der Waals surface area contributed by atoms with Gasteiger partial charge in [-0.2, -0.15) is 0 Å². The number of hydrogen-bond donors (Lipinski definition) is 1. The first-order valence-corrected chi connectivity index (χ1v) is 7.85. The van der Waals surface area contributed by atoms with Gasteiger partial charge in [0.2, 0.25) is 0 Å². The molecule has 1 aromatic heterocycles. The minimum absolute atomic E-state index is 0.0270. The average molecular weight is 312 g/mol. The zero-order valence-corrected chi connectivity index (χ0v) is 12.9. The molecule has 23 heavy (non-hydrogen) atoms. The Labute approximate surface area is 135 Å². The van der Waals surface area contributed by atoms with E-state index in [2.05, 4.69) is 4.98 Å². The number of ether oxygens (including phenoxy) is 1. The molecule has 1 aromatic carbocycles. The van der Waals surface area contributed by atoms with Crippen LogP contribution in [0, 0.1) is 5.92 Å². The number of benzene rings is 1. The van der Waals surface area contributed by atoms with Crippen LogP contribution in [0.1, 0.15) is 23.2 Å². The van der Waals surface area contributed by atoms with E-state index in [-0.39, 0.29) is 12.5 Å². The Bertz CT molecular complexity index is 652. The summed E-state index contributed by atoms with van der Waals surface area (Å²) in [5.74, 6) is 1.42. The van der Waals surface area contributed by atoms with Gasteiger partial charge in [0.25, 0.3) is 5.91 Å². The van der Waals surface area contributed by atoms with Gasteiger partial charge < -0.3 is 14.7 Å². The number of nitrogens with zero attached hydrogens (tertiary/aromatic N) is 2. The molecule has 0 spiro atoms. The van der Waals surface area contributed by atoms with Gasteiger partial charge in [-0.25, -0.2) is 0 Å². The zero-order chi connectivity index (χ0) is 16.1. The molecular formula is C18H20N2O3. The van der Waals surface area contributed by atoms with Crippen molar-refractivity contribution in [2.75, 3.05) is 19.7 Å². The van der Waals surface area contributed by atoms with Crippen LogP contribution in [0.3, 0.4) is 0 Å². The number of amides is 1. The van der Waals surface area contributed by atoms with E-state index in [0.717, 1.165) is 12.8 Å². The number of pyridine rings is 1. The van der Waals surface area contributed by atoms with Crippen molar-refractivity contribution in [3.05, 3.63) is 54.4 Å². The summed E-state index contributed by atoms with van der Waals surface area (Å²) in [6, 6.07) is 10.9. The molecule has 120 valence electrons. The van der Waals surface area contributed by atoms with Gasteiger partial charge in [-0.3, -0.25) is 9.78 Å². The smallest absolute Gasteiger partial charge is 0.257 e. The maximum atomic E-state index is 12.8. The molecule has 0 aliphatic carbocycles. The first kappa shape index (κ1) is 15.5. The van der Waals surface area contributed by atoms with E-state index in [1.165, 1.54) is 0 Å². The van der Waals surface area contributed by atoms with Crippen LogP contribution in [-0.2, 0) is 0 Å². The first-order valence-electron chi connectivity index (χ1n) is 7.85. The number of aliphatic hydroxyl groups excluding tert-OH is 1. The van der Waals surface area contributed by atoms with Crippen LogP contribution >= 0.6 is 0 Å². The van der Waals surface area contributed by atoms with Crippen molar-refractivity contribution < 1.29 is 14.6 Å². The molecule has 0 radical (unpaired) electrons. The number of aromatic nitrogens is 1. The third-order valence-corrected chi connectivity index (χ3v) is 4.14. The van der Waals surface area contributed by atoms with Crippen LogP contribution in [0.4, 0.5) is 0 Å². The van der Waals surface area contributed by atoms with Gasteiger partial charge in [0, 0.05) is 25.9 Å². The van der Waals surface area contributed by atoms with Gasteiger partial charge in [0.05, 0.1) is 11.8 Å². The molecule has 1 aliphatic heterocycles. The lowest BCUT2D eigenvalue weighted by molar-refractivity contribution is 0.0648. The third kappa shape index (κ3) is 3.68. The number of aliphatic hydroxyl groups is 1. The van der Waals surface area contributed by atoms with Gasteiger partial charge >= 0.3 is 0 Å². The number of hydrogen-bond acceptors (Lipinski definition) is 4. The summed E-state index contributed by atoms with van der Waals surface area (Å²) in [7, 11) is 0. The lowest BCUT2D eigenvalue weighted by atomic mass is 9.97. The molecule has 0 bridgehead atoms. The predicted octanol–water partition coefficient (Wildman–Crippen LogP) is 2.72. The average Bonchev–Trinajstić information content (AvgIpc) is 2.62. The molecule has 5 heteroatoms. The molecule has 1 N–H and O–H groups in total. The van der Waals surface area contributed by atoms with Crippen molar-refractivity contribution in [1.82, 2.24) is 9.88 Å². The van der Waals surface area contributed by atoms with E-state index in [1.54, 1.807) is 36.7 Å². The molecule has 2 heterocycles. The highest BCUT2D eigenvalue weighted by Gasteiger charge is 2.25. The van der Waals surface area contributed by atoms with Crippen molar-refractivity contribution in [2.45, 2.75) is 12.8 Å². The fourth-order valence-electron chi connectivity index (χ4n) is 2.76. The van der Waals surface area contributed by atoms with Gasteiger partial charge in [-0.1, -0.05) is 12.1 Å². The molecular weight excluding hydrogens is 292 g/mol. The molecule has 1 aliphatic rings. The second-order valence-corrected chi connectivity index (χ2v) is 5.71. The van der Waals surface area contributed by atoms with E-state index < -0.39 is 0 Å². The molecule has 5 nitrogen and oxygen atoms in total. The molecule has 2 aromatic rings. The van der Waals surface area contributed by atoms with Crippen molar-refractivity contribution in [1.29, 1.82) is 0 Å². The van der Waals surface area contributed by atoms with Crippen molar-refractivity contribution >= 4 is 5.91 Å². The van der Waals surface area contributed by atoms with Crippen molar-refractivity contribution in [3.8, 4) is 11.5 Å². The second-order valence-electron chi connectivity index (χ2n) is 5.71. The fourth-order valence-corrected chi connectivity index (χ4v) is 2.76. The van der Waals surface area contributed by atoms with Crippen molar-refractivity contribution in [2.24, 2.45) is 5.92 Å². The highest BCUT2D eigenvalue weighted by Crippen LogP contribution is 2.27. The minimum Gasteiger partial charge on any atom is -0.455 e. The lowest BCUT2D eigenvalue weighted by Gasteiger charge is -2.31. The minimum atomic E-state index is -0.0270. The summed E-state index contributed by atoms with van der Waals surface area (Å²) in [6.45, 7) is 1.54. The monoisotopic (exact) mass is 312 g/mol. The normalized spacial score (nSPS) is 15.4. The summed E-state index contributed by atoms with van der Waals surface area (Å²) in [4.78, 5) is 18.6. The summed E-state index contributed by atoms with van der Waals surface area (Å²) < 4.78 is 5.81. The molecule has 0 atom stereocenters. The Morgan fingerprint density at radius 1 is 1.22 bits per heavy atom. The summed E-state index contributed by atoms with van der Waals surface area (Å²) in [5, 5.41) is 9.21. The quantitative estimate of drug-likeness (QED) is 0.943. The number of piperidine rings is 1. The highest BCUT2D eigenvalue weighted by atomic mass is 16.5. The zero-order valence-electron chi connectivity index (χ0n) is 12.9. The Balaban J connectivity index is 1.76. The van der Waals surface area contributed by atoms with Gasteiger partial charge in [0.15, 0.2) is 0 Å². The van der Waals surface area contributed by atoms with Crippen LogP contribution < -0.4 is 4.74 Å². The number of carbonyl (C=O) groups excluding carboxylic acids is 1. The van der Waals surface area contributed by atoms with Gasteiger partial charge in [-0.15, -0.1) is 0 Å².